The van der Waals surface area contributed by atoms with E-state index in [4.69, 9.17) is 0 Å². The van der Waals surface area contributed by atoms with Gasteiger partial charge in [-0.15, -0.1) is 0 Å². The van der Waals surface area contributed by atoms with Crippen LogP contribution in [0.3, 0.4) is 0 Å². The normalized spacial score (nSPS) is 15.3. The lowest BCUT2D eigenvalue weighted by Crippen LogP contribution is -2.42. The molecule has 4 nitrogen and oxygen atoms in total. The van der Waals surface area contributed by atoms with Crippen LogP contribution < -0.4 is 10.6 Å². The minimum Gasteiger partial charge on any atom is -0.322 e. The summed E-state index contributed by atoms with van der Waals surface area (Å²) in [6.07, 6.45) is 0. The van der Waals surface area contributed by atoms with E-state index in [9.17, 15) is 4.79 Å². The molecule has 0 radical (unpaired) electrons. The zero-order valence-corrected chi connectivity index (χ0v) is 13.5. The van der Waals surface area contributed by atoms with Crippen LogP contribution >= 0.6 is 0 Å². The van der Waals surface area contributed by atoms with Gasteiger partial charge in [0.05, 0.1) is 0 Å². The number of nitrogens with one attached hydrogen (secondary N) is 2. The van der Waals surface area contributed by atoms with E-state index in [2.05, 4.69) is 33.7 Å². The van der Waals surface area contributed by atoms with Crippen molar-refractivity contribution in [1.29, 1.82) is 0 Å². The maximum Gasteiger partial charge on any atom is 0.255 e. The number of benzene rings is 2. The van der Waals surface area contributed by atoms with Gasteiger partial charge >= 0.3 is 0 Å². The van der Waals surface area contributed by atoms with Gasteiger partial charge < -0.3 is 10.6 Å². The third-order valence-electron chi connectivity index (χ3n) is 4.20. The summed E-state index contributed by atoms with van der Waals surface area (Å²) in [4.78, 5) is 14.8. The first-order valence-corrected chi connectivity index (χ1v) is 8.11. The Kier molecular flexibility index (Phi) is 5.05. The van der Waals surface area contributed by atoms with E-state index in [0.717, 1.165) is 44.0 Å². The summed E-state index contributed by atoms with van der Waals surface area (Å²) in [5, 5.41) is 6.40. The molecule has 1 heterocycles. The Morgan fingerprint density at radius 3 is 2.61 bits per heavy atom. The van der Waals surface area contributed by atoms with E-state index in [-0.39, 0.29) is 5.91 Å². The van der Waals surface area contributed by atoms with E-state index in [0.29, 0.717) is 5.56 Å². The molecule has 120 valence electrons. The van der Waals surface area contributed by atoms with E-state index in [1.54, 1.807) is 0 Å². The SMILES string of the molecule is Cc1ccc(CN2CCNCC2)cc1NC(=O)c1ccccc1. The van der Waals surface area contributed by atoms with Crippen LogP contribution in [-0.4, -0.2) is 37.0 Å². The van der Waals surface area contributed by atoms with Gasteiger partial charge in [-0.25, -0.2) is 0 Å². The highest BCUT2D eigenvalue weighted by Gasteiger charge is 2.12. The molecule has 1 aliphatic heterocycles. The van der Waals surface area contributed by atoms with Crippen LogP contribution in [0.25, 0.3) is 0 Å². The first-order chi connectivity index (χ1) is 11.2. The molecule has 0 spiro atoms. The first kappa shape index (κ1) is 15.7. The van der Waals surface area contributed by atoms with Crippen LogP contribution in [0, 0.1) is 6.92 Å². The molecule has 1 fully saturated rings. The van der Waals surface area contributed by atoms with Crippen molar-refractivity contribution < 1.29 is 4.79 Å². The summed E-state index contributed by atoms with van der Waals surface area (Å²) in [5.41, 5.74) is 3.89. The van der Waals surface area contributed by atoms with Crippen molar-refractivity contribution >= 4 is 11.6 Å². The Morgan fingerprint density at radius 2 is 1.87 bits per heavy atom. The number of carbonyl (C=O) groups excluding carboxylic acids is 1. The quantitative estimate of drug-likeness (QED) is 0.912. The molecule has 0 unspecified atom stereocenters. The molecular weight excluding hydrogens is 286 g/mol. The van der Waals surface area contributed by atoms with Crippen LogP contribution in [0.1, 0.15) is 21.5 Å². The Hall–Kier alpha value is -2.17. The lowest BCUT2D eigenvalue weighted by molar-refractivity contribution is 0.102. The zero-order chi connectivity index (χ0) is 16.1. The molecule has 1 amide bonds. The summed E-state index contributed by atoms with van der Waals surface area (Å²) in [6, 6.07) is 15.7. The lowest BCUT2D eigenvalue weighted by Gasteiger charge is -2.27. The van der Waals surface area contributed by atoms with E-state index in [1.165, 1.54) is 5.56 Å². The molecule has 0 saturated carbocycles. The van der Waals surface area contributed by atoms with Gasteiger partial charge in [0.2, 0.25) is 0 Å². The number of nitrogens with zero attached hydrogens (tertiary/aromatic N) is 1. The second-order valence-corrected chi connectivity index (χ2v) is 6.00. The number of carbonyl (C=O) groups is 1. The van der Waals surface area contributed by atoms with Crippen molar-refractivity contribution in [1.82, 2.24) is 10.2 Å². The van der Waals surface area contributed by atoms with Gasteiger partial charge in [0.25, 0.3) is 5.91 Å². The molecule has 4 heteroatoms. The van der Waals surface area contributed by atoms with Crippen molar-refractivity contribution in [3.63, 3.8) is 0 Å². The maximum atomic E-state index is 12.3. The van der Waals surface area contributed by atoms with Gasteiger partial charge in [-0.1, -0.05) is 30.3 Å². The topological polar surface area (TPSA) is 44.4 Å². The van der Waals surface area contributed by atoms with Crippen molar-refractivity contribution in [2.75, 3.05) is 31.5 Å². The Balaban J connectivity index is 1.71. The van der Waals surface area contributed by atoms with Crippen molar-refractivity contribution in [3.05, 3.63) is 65.2 Å². The van der Waals surface area contributed by atoms with Gasteiger partial charge in [-0.2, -0.15) is 0 Å². The molecule has 2 N–H and O–H groups in total. The molecule has 0 bridgehead atoms. The molecule has 2 aromatic carbocycles. The summed E-state index contributed by atoms with van der Waals surface area (Å²) in [7, 11) is 0. The third-order valence-corrected chi connectivity index (χ3v) is 4.20. The van der Waals surface area contributed by atoms with Gasteiger partial charge in [0.1, 0.15) is 0 Å². The second-order valence-electron chi connectivity index (χ2n) is 6.00. The molecule has 23 heavy (non-hydrogen) atoms. The van der Waals surface area contributed by atoms with Crippen LogP contribution in [0.5, 0.6) is 0 Å². The van der Waals surface area contributed by atoms with Gasteiger partial charge in [0, 0.05) is 44.0 Å². The molecule has 0 atom stereocenters. The predicted octanol–water partition coefficient (Wildman–Crippen LogP) is 2.65. The highest BCUT2D eigenvalue weighted by Crippen LogP contribution is 2.19. The molecule has 2 aromatic rings. The zero-order valence-electron chi connectivity index (χ0n) is 13.5. The second kappa shape index (κ2) is 7.40. The minimum atomic E-state index is -0.0620. The Bertz CT molecular complexity index is 664. The number of hydrogen-bond donors (Lipinski definition) is 2. The van der Waals surface area contributed by atoms with Gasteiger partial charge in [0.15, 0.2) is 0 Å². The monoisotopic (exact) mass is 309 g/mol. The summed E-state index contributed by atoms with van der Waals surface area (Å²) in [6.45, 7) is 7.18. The fourth-order valence-corrected chi connectivity index (χ4v) is 2.81. The van der Waals surface area contributed by atoms with E-state index < -0.39 is 0 Å². The fraction of sp³-hybridized carbons (Fsp3) is 0.316. The van der Waals surface area contributed by atoms with Crippen molar-refractivity contribution in [3.8, 4) is 0 Å². The molecule has 0 aromatic heterocycles. The number of amides is 1. The van der Waals surface area contributed by atoms with Crippen molar-refractivity contribution in [2.45, 2.75) is 13.5 Å². The summed E-state index contributed by atoms with van der Waals surface area (Å²) in [5.74, 6) is -0.0620. The molecule has 1 saturated heterocycles. The number of anilines is 1. The Labute approximate surface area is 137 Å². The highest BCUT2D eigenvalue weighted by atomic mass is 16.1. The third kappa shape index (κ3) is 4.18. The maximum absolute atomic E-state index is 12.3. The average molecular weight is 309 g/mol. The molecule has 1 aliphatic rings. The fourth-order valence-electron chi connectivity index (χ4n) is 2.81. The molecule has 0 aliphatic carbocycles. The van der Waals surface area contributed by atoms with Crippen LogP contribution in [0.15, 0.2) is 48.5 Å². The average Bonchev–Trinajstić information content (AvgIpc) is 2.59. The van der Waals surface area contributed by atoms with E-state index >= 15 is 0 Å². The van der Waals surface area contributed by atoms with Gasteiger partial charge in [-0.3, -0.25) is 9.69 Å². The van der Waals surface area contributed by atoms with Crippen LogP contribution in [0.2, 0.25) is 0 Å². The number of aryl methyl sites for hydroxylation is 1. The van der Waals surface area contributed by atoms with Crippen molar-refractivity contribution in [2.24, 2.45) is 0 Å². The van der Waals surface area contributed by atoms with Gasteiger partial charge in [-0.05, 0) is 36.2 Å². The highest BCUT2D eigenvalue weighted by molar-refractivity contribution is 6.04. The standard InChI is InChI=1S/C19H23N3O/c1-15-7-8-16(14-22-11-9-20-10-12-22)13-18(15)21-19(23)17-5-3-2-4-6-17/h2-8,13,20H,9-12,14H2,1H3,(H,21,23). The lowest BCUT2D eigenvalue weighted by atomic mass is 10.1. The first-order valence-electron chi connectivity index (χ1n) is 8.11. The molecule has 3 rings (SSSR count). The van der Waals surface area contributed by atoms with Crippen LogP contribution in [-0.2, 0) is 6.54 Å². The number of piperazine rings is 1. The number of hydrogen-bond acceptors (Lipinski definition) is 3. The largest absolute Gasteiger partial charge is 0.322 e. The smallest absolute Gasteiger partial charge is 0.255 e. The minimum absolute atomic E-state index is 0.0620. The Morgan fingerprint density at radius 1 is 1.13 bits per heavy atom. The predicted molar refractivity (Wildman–Crippen MR) is 93.7 cm³/mol. The van der Waals surface area contributed by atoms with E-state index in [1.807, 2.05) is 37.3 Å². The summed E-state index contributed by atoms with van der Waals surface area (Å²) >= 11 is 0. The number of rotatable bonds is 4. The summed E-state index contributed by atoms with van der Waals surface area (Å²) < 4.78 is 0. The molecular formula is C19H23N3O. The van der Waals surface area contributed by atoms with Crippen LogP contribution in [0.4, 0.5) is 5.69 Å².